The monoisotopic (exact) mass is 289 g/mol. The lowest BCUT2D eigenvalue weighted by molar-refractivity contribution is -0.120. The van der Waals surface area contributed by atoms with Crippen molar-refractivity contribution in [2.45, 2.75) is 25.8 Å². The van der Waals surface area contributed by atoms with Crippen LogP contribution in [-0.4, -0.2) is 44.4 Å². The Morgan fingerprint density at radius 3 is 2.86 bits per heavy atom. The molecule has 0 fully saturated rings. The summed E-state index contributed by atoms with van der Waals surface area (Å²) in [5.41, 5.74) is 1.20. The number of hydrogen-bond donors (Lipinski definition) is 2. The summed E-state index contributed by atoms with van der Waals surface area (Å²) < 4.78 is 1.65. The smallest absolute Gasteiger partial charge is 0.227 e. The zero-order chi connectivity index (χ0) is 14.9. The Morgan fingerprint density at radius 2 is 2.10 bits per heavy atom. The number of amides is 1. The van der Waals surface area contributed by atoms with Gasteiger partial charge in [0.05, 0.1) is 6.42 Å². The molecule has 0 atom stereocenters. The molecule has 7 heteroatoms. The minimum Gasteiger partial charge on any atom is -0.396 e. The van der Waals surface area contributed by atoms with Crippen LogP contribution in [0.25, 0.3) is 0 Å². The lowest BCUT2D eigenvalue weighted by Gasteiger charge is -2.06. The van der Waals surface area contributed by atoms with E-state index >= 15 is 0 Å². The highest BCUT2D eigenvalue weighted by Gasteiger charge is 2.11. The third kappa shape index (κ3) is 4.96. The van der Waals surface area contributed by atoms with Gasteiger partial charge in [0.2, 0.25) is 5.91 Å². The summed E-state index contributed by atoms with van der Waals surface area (Å²) >= 11 is 0. The van der Waals surface area contributed by atoms with Crippen LogP contribution < -0.4 is 5.32 Å². The van der Waals surface area contributed by atoms with Gasteiger partial charge >= 0.3 is 0 Å². The van der Waals surface area contributed by atoms with Gasteiger partial charge in [-0.05, 0) is 28.8 Å². The lowest BCUT2D eigenvalue weighted by Crippen LogP contribution is -2.28. The maximum absolute atomic E-state index is 11.7. The van der Waals surface area contributed by atoms with Crippen molar-refractivity contribution in [1.82, 2.24) is 25.5 Å². The average molecular weight is 289 g/mol. The Hall–Kier alpha value is -2.28. The molecule has 0 saturated heterocycles. The standard InChI is InChI=1S/C14H19N5O2/c20-10-4-8-15-14(21)11-13-16-17-18-19(13)9-7-12-5-2-1-3-6-12/h1-3,5-6,20H,4,7-11H2,(H,15,21). The van der Waals surface area contributed by atoms with Gasteiger partial charge in [-0.15, -0.1) is 5.10 Å². The number of carbonyl (C=O) groups is 1. The van der Waals surface area contributed by atoms with Crippen molar-refractivity contribution in [3.8, 4) is 0 Å². The zero-order valence-electron chi connectivity index (χ0n) is 11.8. The van der Waals surface area contributed by atoms with E-state index in [9.17, 15) is 4.79 Å². The molecule has 1 amide bonds. The molecule has 21 heavy (non-hydrogen) atoms. The number of aliphatic hydroxyl groups is 1. The van der Waals surface area contributed by atoms with Crippen LogP contribution in [0.3, 0.4) is 0 Å². The number of aromatic nitrogens is 4. The van der Waals surface area contributed by atoms with Crippen LogP contribution in [0.15, 0.2) is 30.3 Å². The summed E-state index contributed by atoms with van der Waals surface area (Å²) in [5.74, 6) is 0.409. The molecular weight excluding hydrogens is 270 g/mol. The van der Waals surface area contributed by atoms with Gasteiger partial charge < -0.3 is 10.4 Å². The van der Waals surface area contributed by atoms with E-state index in [1.807, 2.05) is 30.3 Å². The van der Waals surface area contributed by atoms with E-state index in [0.717, 1.165) is 6.42 Å². The maximum Gasteiger partial charge on any atom is 0.227 e. The third-order valence-corrected chi connectivity index (χ3v) is 3.04. The number of rotatable bonds is 8. The van der Waals surface area contributed by atoms with Gasteiger partial charge in [-0.1, -0.05) is 30.3 Å². The summed E-state index contributed by atoms with van der Waals surface area (Å²) in [5, 5.41) is 22.8. The summed E-state index contributed by atoms with van der Waals surface area (Å²) in [6.07, 6.45) is 1.50. The van der Waals surface area contributed by atoms with Gasteiger partial charge in [0, 0.05) is 19.7 Å². The molecule has 0 saturated carbocycles. The molecule has 1 aromatic heterocycles. The zero-order valence-corrected chi connectivity index (χ0v) is 11.8. The van der Waals surface area contributed by atoms with Crippen LogP contribution in [0.2, 0.25) is 0 Å². The molecule has 2 aromatic rings. The molecule has 0 aliphatic carbocycles. The molecule has 1 aromatic carbocycles. The van der Waals surface area contributed by atoms with E-state index in [1.54, 1.807) is 4.68 Å². The molecule has 0 aliphatic rings. The number of aryl methyl sites for hydroxylation is 2. The molecule has 1 heterocycles. The van der Waals surface area contributed by atoms with Gasteiger partial charge in [-0.2, -0.15) is 0 Å². The van der Waals surface area contributed by atoms with Gasteiger partial charge in [-0.25, -0.2) is 4.68 Å². The number of nitrogens with one attached hydrogen (secondary N) is 1. The van der Waals surface area contributed by atoms with Crippen molar-refractivity contribution >= 4 is 5.91 Å². The third-order valence-electron chi connectivity index (χ3n) is 3.04. The first-order chi connectivity index (χ1) is 10.3. The van der Waals surface area contributed by atoms with E-state index in [2.05, 4.69) is 20.8 Å². The van der Waals surface area contributed by atoms with Crippen molar-refractivity contribution in [3.05, 3.63) is 41.7 Å². The quantitative estimate of drug-likeness (QED) is 0.665. The highest BCUT2D eigenvalue weighted by Crippen LogP contribution is 2.02. The number of tetrazole rings is 1. The van der Waals surface area contributed by atoms with E-state index < -0.39 is 0 Å². The average Bonchev–Trinajstić information content (AvgIpc) is 2.93. The second kappa shape index (κ2) is 8.11. The van der Waals surface area contributed by atoms with Crippen molar-refractivity contribution in [2.24, 2.45) is 0 Å². The Bertz CT molecular complexity index is 556. The Labute approximate surface area is 123 Å². The van der Waals surface area contributed by atoms with Gasteiger partial charge in [-0.3, -0.25) is 4.79 Å². The fourth-order valence-electron chi connectivity index (χ4n) is 1.92. The second-order valence-corrected chi connectivity index (χ2v) is 4.66. The molecule has 0 radical (unpaired) electrons. The van der Waals surface area contributed by atoms with Crippen LogP contribution in [0, 0.1) is 0 Å². The Kier molecular flexibility index (Phi) is 5.83. The molecule has 7 nitrogen and oxygen atoms in total. The Morgan fingerprint density at radius 1 is 1.29 bits per heavy atom. The normalized spacial score (nSPS) is 10.5. The van der Waals surface area contributed by atoms with Crippen molar-refractivity contribution in [2.75, 3.05) is 13.2 Å². The maximum atomic E-state index is 11.7. The second-order valence-electron chi connectivity index (χ2n) is 4.66. The summed E-state index contributed by atoms with van der Waals surface area (Å²) in [7, 11) is 0. The molecule has 0 bridgehead atoms. The number of nitrogens with zero attached hydrogens (tertiary/aromatic N) is 4. The van der Waals surface area contributed by atoms with E-state index in [1.165, 1.54) is 5.56 Å². The minimum atomic E-state index is -0.140. The van der Waals surface area contributed by atoms with E-state index in [4.69, 9.17) is 5.11 Å². The lowest BCUT2D eigenvalue weighted by atomic mass is 10.1. The molecule has 0 aliphatic heterocycles. The number of carbonyl (C=O) groups excluding carboxylic acids is 1. The number of benzene rings is 1. The van der Waals surface area contributed by atoms with E-state index in [0.29, 0.717) is 25.3 Å². The molecule has 2 N–H and O–H groups in total. The predicted octanol–water partition coefficient (Wildman–Crippen LogP) is -0.0431. The predicted molar refractivity (Wildman–Crippen MR) is 76.4 cm³/mol. The molecule has 0 unspecified atom stereocenters. The number of aliphatic hydroxyl groups excluding tert-OH is 1. The molecule has 2 rings (SSSR count). The first-order valence-corrected chi connectivity index (χ1v) is 6.96. The summed E-state index contributed by atoms with van der Waals surface area (Å²) in [6.45, 7) is 1.16. The number of hydrogen-bond acceptors (Lipinski definition) is 5. The largest absolute Gasteiger partial charge is 0.396 e. The van der Waals surface area contributed by atoms with Crippen molar-refractivity contribution in [1.29, 1.82) is 0 Å². The van der Waals surface area contributed by atoms with Crippen LogP contribution >= 0.6 is 0 Å². The van der Waals surface area contributed by atoms with Crippen LogP contribution in [0.1, 0.15) is 17.8 Å². The SMILES string of the molecule is O=C(Cc1nnnn1CCc1ccccc1)NCCCO. The first kappa shape index (κ1) is 15.1. The first-order valence-electron chi connectivity index (χ1n) is 6.96. The van der Waals surface area contributed by atoms with Crippen LogP contribution in [0.4, 0.5) is 0 Å². The van der Waals surface area contributed by atoms with E-state index in [-0.39, 0.29) is 18.9 Å². The molecule has 0 spiro atoms. The van der Waals surface area contributed by atoms with Gasteiger partial charge in [0.15, 0.2) is 5.82 Å². The van der Waals surface area contributed by atoms with Crippen LogP contribution in [-0.2, 0) is 24.2 Å². The van der Waals surface area contributed by atoms with Gasteiger partial charge in [0.1, 0.15) is 0 Å². The van der Waals surface area contributed by atoms with Gasteiger partial charge in [0.25, 0.3) is 0 Å². The van der Waals surface area contributed by atoms with Crippen molar-refractivity contribution in [3.63, 3.8) is 0 Å². The topological polar surface area (TPSA) is 92.9 Å². The molecular formula is C14H19N5O2. The van der Waals surface area contributed by atoms with Crippen molar-refractivity contribution < 1.29 is 9.90 Å². The molecule has 112 valence electrons. The fourth-order valence-corrected chi connectivity index (χ4v) is 1.92. The summed E-state index contributed by atoms with van der Waals surface area (Å²) in [6, 6.07) is 10.1. The minimum absolute atomic E-state index is 0.0646. The highest BCUT2D eigenvalue weighted by atomic mass is 16.3. The van der Waals surface area contributed by atoms with Crippen LogP contribution in [0.5, 0.6) is 0 Å². The Balaban J connectivity index is 1.85. The highest BCUT2D eigenvalue weighted by molar-refractivity contribution is 5.77. The summed E-state index contributed by atoms with van der Waals surface area (Å²) in [4.78, 5) is 11.7. The fraction of sp³-hybridized carbons (Fsp3) is 0.429.